The highest BCUT2D eigenvalue weighted by molar-refractivity contribution is 9.09. The third kappa shape index (κ3) is 3.63. The monoisotopic (exact) mass is 301 g/mol. The predicted molar refractivity (Wildman–Crippen MR) is 70.0 cm³/mol. The van der Waals surface area contributed by atoms with E-state index in [-0.39, 0.29) is 22.0 Å². The Hall–Kier alpha value is -1.23. The standard InChI is InChI=1S/C12H16BrNO3/c1-3-8(13)7-14-12(16)9-5-4-6-10(17-2)11(9)15/h4-6,8,15H,3,7H2,1-2H3,(H,14,16). The molecule has 1 amide bonds. The van der Waals surface area contributed by atoms with Crippen LogP contribution in [0.4, 0.5) is 0 Å². The number of phenols is 1. The Kier molecular flexibility index (Phi) is 5.28. The summed E-state index contributed by atoms with van der Waals surface area (Å²) in [6.45, 7) is 2.54. The number of rotatable bonds is 5. The van der Waals surface area contributed by atoms with Crippen LogP contribution >= 0.6 is 15.9 Å². The van der Waals surface area contributed by atoms with E-state index in [1.807, 2.05) is 6.92 Å². The number of hydrogen-bond donors (Lipinski definition) is 2. The van der Waals surface area contributed by atoms with Gasteiger partial charge in [-0.1, -0.05) is 28.9 Å². The van der Waals surface area contributed by atoms with Gasteiger partial charge in [0.25, 0.3) is 5.91 Å². The first-order valence-electron chi connectivity index (χ1n) is 5.38. The maximum Gasteiger partial charge on any atom is 0.255 e. The van der Waals surface area contributed by atoms with E-state index in [9.17, 15) is 9.90 Å². The van der Waals surface area contributed by atoms with E-state index in [2.05, 4.69) is 21.2 Å². The molecule has 2 N–H and O–H groups in total. The number of benzene rings is 1. The topological polar surface area (TPSA) is 58.6 Å². The number of methoxy groups -OCH3 is 1. The van der Waals surface area contributed by atoms with Crippen molar-refractivity contribution in [1.29, 1.82) is 0 Å². The molecule has 0 saturated carbocycles. The highest BCUT2D eigenvalue weighted by Gasteiger charge is 2.14. The van der Waals surface area contributed by atoms with Crippen molar-refractivity contribution < 1.29 is 14.6 Å². The highest BCUT2D eigenvalue weighted by Crippen LogP contribution is 2.29. The molecule has 1 aromatic carbocycles. The Bertz CT molecular complexity index is 395. The number of aromatic hydroxyl groups is 1. The molecule has 94 valence electrons. The molecule has 4 nitrogen and oxygen atoms in total. The van der Waals surface area contributed by atoms with Crippen LogP contribution < -0.4 is 10.1 Å². The van der Waals surface area contributed by atoms with Crippen LogP contribution in [0.1, 0.15) is 23.7 Å². The lowest BCUT2D eigenvalue weighted by Crippen LogP contribution is -2.29. The molecule has 0 fully saturated rings. The van der Waals surface area contributed by atoms with Crippen molar-refractivity contribution in [1.82, 2.24) is 5.32 Å². The Labute approximate surface area is 109 Å². The third-order valence-electron chi connectivity index (χ3n) is 2.39. The average Bonchev–Trinajstić information content (AvgIpc) is 2.35. The van der Waals surface area contributed by atoms with Crippen LogP contribution in [-0.2, 0) is 0 Å². The lowest BCUT2D eigenvalue weighted by atomic mass is 10.1. The van der Waals surface area contributed by atoms with Crippen molar-refractivity contribution in [3.63, 3.8) is 0 Å². The minimum absolute atomic E-state index is 0.130. The van der Waals surface area contributed by atoms with Gasteiger partial charge in [-0.05, 0) is 18.6 Å². The zero-order valence-corrected chi connectivity index (χ0v) is 11.5. The molecule has 0 spiro atoms. The summed E-state index contributed by atoms with van der Waals surface area (Å²) in [5.41, 5.74) is 0.222. The number of carbonyl (C=O) groups excluding carboxylic acids is 1. The minimum atomic E-state index is -0.306. The van der Waals surface area contributed by atoms with Crippen LogP contribution in [0.15, 0.2) is 18.2 Å². The van der Waals surface area contributed by atoms with Crippen LogP contribution in [0.25, 0.3) is 0 Å². The Morgan fingerprint density at radius 2 is 2.29 bits per heavy atom. The summed E-state index contributed by atoms with van der Waals surface area (Å²) in [6.07, 6.45) is 0.921. The summed E-state index contributed by atoms with van der Waals surface area (Å²) in [5, 5.41) is 12.5. The number of ether oxygens (including phenoxy) is 1. The van der Waals surface area contributed by atoms with Crippen molar-refractivity contribution in [2.45, 2.75) is 18.2 Å². The Balaban J connectivity index is 2.75. The quantitative estimate of drug-likeness (QED) is 0.821. The minimum Gasteiger partial charge on any atom is -0.504 e. The number of amides is 1. The largest absolute Gasteiger partial charge is 0.504 e. The van der Waals surface area contributed by atoms with Gasteiger partial charge in [-0.25, -0.2) is 0 Å². The first-order valence-corrected chi connectivity index (χ1v) is 6.30. The fourth-order valence-electron chi connectivity index (χ4n) is 1.31. The lowest BCUT2D eigenvalue weighted by Gasteiger charge is -2.11. The number of carbonyl (C=O) groups is 1. The van der Waals surface area contributed by atoms with E-state index >= 15 is 0 Å². The second-order valence-corrected chi connectivity index (χ2v) is 4.87. The lowest BCUT2D eigenvalue weighted by molar-refractivity contribution is 0.0950. The van der Waals surface area contributed by atoms with E-state index in [0.29, 0.717) is 12.3 Å². The molecule has 5 heteroatoms. The van der Waals surface area contributed by atoms with Crippen molar-refractivity contribution >= 4 is 21.8 Å². The van der Waals surface area contributed by atoms with E-state index in [1.165, 1.54) is 7.11 Å². The molecule has 0 aliphatic heterocycles. The highest BCUT2D eigenvalue weighted by atomic mass is 79.9. The second-order valence-electron chi connectivity index (χ2n) is 3.57. The average molecular weight is 302 g/mol. The normalized spacial score (nSPS) is 11.9. The molecule has 0 aliphatic carbocycles. The second kappa shape index (κ2) is 6.49. The molecule has 17 heavy (non-hydrogen) atoms. The summed E-state index contributed by atoms with van der Waals surface area (Å²) in [6, 6.07) is 4.83. The first kappa shape index (κ1) is 13.8. The molecule has 0 radical (unpaired) electrons. The van der Waals surface area contributed by atoms with Crippen molar-refractivity contribution in [2.24, 2.45) is 0 Å². The van der Waals surface area contributed by atoms with Crippen LogP contribution in [0.2, 0.25) is 0 Å². The molecule has 1 unspecified atom stereocenters. The van der Waals surface area contributed by atoms with E-state index in [0.717, 1.165) is 6.42 Å². The van der Waals surface area contributed by atoms with Crippen LogP contribution in [0, 0.1) is 0 Å². The third-order valence-corrected chi connectivity index (χ3v) is 3.36. The van der Waals surface area contributed by atoms with Crippen molar-refractivity contribution in [2.75, 3.05) is 13.7 Å². The summed E-state index contributed by atoms with van der Waals surface area (Å²) in [4.78, 5) is 12.0. The van der Waals surface area contributed by atoms with Gasteiger partial charge < -0.3 is 15.2 Å². The van der Waals surface area contributed by atoms with Gasteiger partial charge in [-0.15, -0.1) is 0 Å². The number of alkyl halides is 1. The Morgan fingerprint density at radius 1 is 1.59 bits per heavy atom. The zero-order valence-electron chi connectivity index (χ0n) is 9.87. The number of para-hydroxylation sites is 1. The molecular formula is C12H16BrNO3. The van der Waals surface area contributed by atoms with Crippen molar-refractivity contribution in [3.8, 4) is 11.5 Å². The molecule has 0 aromatic heterocycles. The SMILES string of the molecule is CCC(Br)CNC(=O)c1cccc(OC)c1O. The van der Waals surface area contributed by atoms with Crippen LogP contribution in [0.3, 0.4) is 0 Å². The molecule has 1 aromatic rings. The maximum atomic E-state index is 11.8. The molecule has 0 bridgehead atoms. The molecule has 1 atom stereocenters. The van der Waals surface area contributed by atoms with Gasteiger partial charge in [0.05, 0.1) is 12.7 Å². The summed E-state index contributed by atoms with van der Waals surface area (Å²) in [5.74, 6) is -0.141. The van der Waals surface area contributed by atoms with E-state index in [1.54, 1.807) is 18.2 Å². The van der Waals surface area contributed by atoms with Crippen LogP contribution in [-0.4, -0.2) is 29.5 Å². The fraction of sp³-hybridized carbons (Fsp3) is 0.417. The van der Waals surface area contributed by atoms with Gasteiger partial charge in [0.1, 0.15) is 0 Å². The smallest absolute Gasteiger partial charge is 0.255 e. The predicted octanol–water partition coefficient (Wildman–Crippen LogP) is 2.30. The van der Waals surface area contributed by atoms with Gasteiger partial charge in [0.2, 0.25) is 0 Å². The van der Waals surface area contributed by atoms with Gasteiger partial charge in [-0.2, -0.15) is 0 Å². The molecule has 1 rings (SSSR count). The Morgan fingerprint density at radius 3 is 2.88 bits per heavy atom. The summed E-state index contributed by atoms with van der Waals surface area (Å²) in [7, 11) is 1.45. The number of nitrogens with one attached hydrogen (secondary N) is 1. The van der Waals surface area contributed by atoms with Crippen molar-refractivity contribution in [3.05, 3.63) is 23.8 Å². The van der Waals surface area contributed by atoms with Gasteiger partial charge in [-0.3, -0.25) is 4.79 Å². The summed E-state index contributed by atoms with van der Waals surface area (Å²) < 4.78 is 4.94. The van der Waals surface area contributed by atoms with Crippen LogP contribution in [0.5, 0.6) is 11.5 Å². The fourth-order valence-corrected chi connectivity index (χ4v) is 1.48. The number of phenolic OH excluding ortho intramolecular Hbond substituents is 1. The molecule has 0 heterocycles. The molecular weight excluding hydrogens is 286 g/mol. The van der Waals surface area contributed by atoms with E-state index < -0.39 is 0 Å². The van der Waals surface area contributed by atoms with E-state index in [4.69, 9.17) is 4.74 Å². The number of halogens is 1. The zero-order chi connectivity index (χ0) is 12.8. The van der Waals surface area contributed by atoms with Gasteiger partial charge in [0, 0.05) is 11.4 Å². The molecule has 0 saturated heterocycles. The first-order chi connectivity index (χ1) is 8.10. The maximum absolute atomic E-state index is 11.8. The molecule has 0 aliphatic rings. The number of hydrogen-bond acceptors (Lipinski definition) is 3. The van der Waals surface area contributed by atoms with Gasteiger partial charge >= 0.3 is 0 Å². The summed E-state index contributed by atoms with van der Waals surface area (Å²) >= 11 is 3.42. The van der Waals surface area contributed by atoms with Gasteiger partial charge in [0.15, 0.2) is 11.5 Å².